The summed E-state index contributed by atoms with van der Waals surface area (Å²) in [7, 11) is 0. The summed E-state index contributed by atoms with van der Waals surface area (Å²) in [6, 6.07) is 50.1. The minimum Gasteiger partial charge on any atom is -0.356 e. The largest absolute Gasteiger partial charge is 0.356 e. The van der Waals surface area contributed by atoms with E-state index in [1.54, 1.807) is 0 Å². The molecule has 0 amide bonds. The summed E-state index contributed by atoms with van der Waals surface area (Å²) in [4.78, 5) is 0. The van der Waals surface area contributed by atoms with Crippen molar-refractivity contribution < 1.29 is 0 Å². The summed E-state index contributed by atoms with van der Waals surface area (Å²) >= 11 is 1.85. The van der Waals surface area contributed by atoms with Crippen LogP contribution in [0.2, 0.25) is 0 Å². The van der Waals surface area contributed by atoms with Gasteiger partial charge in [-0.25, -0.2) is 0 Å². The average Bonchev–Trinajstić information content (AvgIpc) is 3.53. The van der Waals surface area contributed by atoms with Crippen LogP contribution in [0.15, 0.2) is 140 Å². The van der Waals surface area contributed by atoms with Crippen molar-refractivity contribution in [2.75, 3.05) is 5.32 Å². The highest BCUT2D eigenvalue weighted by Crippen LogP contribution is 2.37. The molecule has 0 atom stereocenters. The Morgan fingerprint density at radius 1 is 0.436 bits per heavy atom. The Hall–Kier alpha value is -4.86. The lowest BCUT2D eigenvalue weighted by atomic mass is 10.0. The third-order valence-electron chi connectivity index (χ3n) is 7.57. The van der Waals surface area contributed by atoms with Gasteiger partial charge in [0.1, 0.15) is 0 Å². The summed E-state index contributed by atoms with van der Waals surface area (Å²) in [5.41, 5.74) is 8.25. The molecule has 0 unspecified atom stereocenters. The molecule has 0 saturated carbocycles. The molecular formula is C36H24N2S. The Morgan fingerprint density at radius 3 is 1.97 bits per heavy atom. The van der Waals surface area contributed by atoms with E-state index in [0.717, 1.165) is 11.4 Å². The van der Waals surface area contributed by atoms with Crippen LogP contribution in [0.4, 0.5) is 11.4 Å². The van der Waals surface area contributed by atoms with Crippen molar-refractivity contribution in [3.8, 4) is 16.8 Å². The van der Waals surface area contributed by atoms with Crippen LogP contribution in [-0.2, 0) is 0 Å². The van der Waals surface area contributed by atoms with Crippen LogP contribution in [0, 0.1) is 0 Å². The summed E-state index contributed by atoms with van der Waals surface area (Å²) in [5, 5.41) is 8.77. The minimum atomic E-state index is 1.08. The standard InChI is InChI=1S/C36H24N2S/c1-2-8-28(9-3-1)38-33-12-6-4-10-29(33)31-22-25(16-20-34(31)38)24-14-17-26(18-15-24)37-27-19-21-36-32(23-27)30-11-5-7-13-35(30)39-36/h1-23,37H. The maximum Gasteiger partial charge on any atom is 0.0541 e. The van der Waals surface area contributed by atoms with Crippen LogP contribution in [0.1, 0.15) is 0 Å². The molecule has 2 heterocycles. The van der Waals surface area contributed by atoms with E-state index < -0.39 is 0 Å². The molecule has 6 aromatic carbocycles. The first-order chi connectivity index (χ1) is 19.3. The molecule has 0 radical (unpaired) electrons. The number of fused-ring (bicyclic) bond motifs is 6. The molecule has 8 rings (SSSR count). The van der Waals surface area contributed by atoms with Gasteiger partial charge in [-0.15, -0.1) is 11.3 Å². The number of thiophene rings is 1. The predicted octanol–water partition coefficient (Wildman–Crippen LogP) is 10.6. The fourth-order valence-electron chi connectivity index (χ4n) is 5.72. The smallest absolute Gasteiger partial charge is 0.0541 e. The summed E-state index contributed by atoms with van der Waals surface area (Å²) < 4.78 is 5.01. The van der Waals surface area contributed by atoms with Crippen molar-refractivity contribution in [3.05, 3.63) is 140 Å². The molecule has 0 bridgehead atoms. The molecule has 2 nitrogen and oxygen atoms in total. The molecule has 0 fully saturated rings. The van der Waals surface area contributed by atoms with Gasteiger partial charge in [-0.2, -0.15) is 0 Å². The van der Waals surface area contributed by atoms with Gasteiger partial charge in [0.2, 0.25) is 0 Å². The van der Waals surface area contributed by atoms with Crippen molar-refractivity contribution in [3.63, 3.8) is 0 Å². The van der Waals surface area contributed by atoms with Crippen molar-refractivity contribution in [1.29, 1.82) is 0 Å². The fraction of sp³-hybridized carbons (Fsp3) is 0. The zero-order valence-corrected chi connectivity index (χ0v) is 22.0. The quantitative estimate of drug-likeness (QED) is 0.246. The monoisotopic (exact) mass is 516 g/mol. The number of hydrogen-bond donors (Lipinski definition) is 1. The Bertz CT molecular complexity index is 2130. The molecule has 0 saturated heterocycles. The van der Waals surface area contributed by atoms with Crippen LogP contribution in [0.25, 0.3) is 58.8 Å². The van der Waals surface area contributed by atoms with Crippen molar-refractivity contribution in [2.24, 2.45) is 0 Å². The van der Waals surface area contributed by atoms with E-state index in [9.17, 15) is 0 Å². The Morgan fingerprint density at radius 2 is 1.10 bits per heavy atom. The van der Waals surface area contributed by atoms with Gasteiger partial charge < -0.3 is 9.88 Å². The highest BCUT2D eigenvalue weighted by Gasteiger charge is 2.13. The lowest BCUT2D eigenvalue weighted by Crippen LogP contribution is -1.92. The number of anilines is 2. The first kappa shape index (κ1) is 22.2. The van der Waals surface area contributed by atoms with Crippen LogP contribution < -0.4 is 5.32 Å². The zero-order valence-electron chi connectivity index (χ0n) is 21.1. The lowest BCUT2D eigenvalue weighted by Gasteiger charge is -2.09. The van der Waals surface area contributed by atoms with Crippen molar-refractivity contribution >= 4 is 64.7 Å². The minimum absolute atomic E-state index is 1.08. The molecule has 3 heteroatoms. The Balaban J connectivity index is 1.14. The number of nitrogens with one attached hydrogen (secondary N) is 1. The fourth-order valence-corrected chi connectivity index (χ4v) is 6.81. The van der Waals surface area contributed by atoms with E-state index in [1.807, 2.05) is 11.3 Å². The van der Waals surface area contributed by atoms with Gasteiger partial charge in [-0.1, -0.05) is 72.8 Å². The lowest BCUT2D eigenvalue weighted by molar-refractivity contribution is 1.18. The molecular weight excluding hydrogens is 492 g/mol. The summed E-state index contributed by atoms with van der Waals surface area (Å²) in [6.07, 6.45) is 0. The van der Waals surface area contributed by atoms with Gasteiger partial charge in [0.15, 0.2) is 0 Å². The number of benzene rings is 6. The third-order valence-corrected chi connectivity index (χ3v) is 8.72. The molecule has 0 aliphatic carbocycles. The molecule has 0 aliphatic rings. The topological polar surface area (TPSA) is 17.0 Å². The SMILES string of the molecule is c1ccc(-n2c3ccccc3c3cc(-c4ccc(Nc5ccc6sc7ccccc7c6c5)cc4)ccc32)cc1. The molecule has 184 valence electrons. The summed E-state index contributed by atoms with van der Waals surface area (Å²) in [5.74, 6) is 0. The molecule has 2 aromatic heterocycles. The van der Waals surface area contributed by atoms with E-state index in [0.29, 0.717) is 0 Å². The average molecular weight is 517 g/mol. The van der Waals surface area contributed by atoms with E-state index in [-0.39, 0.29) is 0 Å². The normalized spacial score (nSPS) is 11.6. The Labute approximate surface area is 230 Å². The number of rotatable bonds is 4. The third kappa shape index (κ3) is 3.70. The van der Waals surface area contributed by atoms with Gasteiger partial charge in [-0.05, 0) is 77.9 Å². The second-order valence-electron chi connectivity index (χ2n) is 9.93. The summed E-state index contributed by atoms with van der Waals surface area (Å²) in [6.45, 7) is 0. The van der Waals surface area contributed by atoms with Crippen LogP contribution in [0.3, 0.4) is 0 Å². The van der Waals surface area contributed by atoms with E-state index in [2.05, 4.69) is 149 Å². The first-order valence-electron chi connectivity index (χ1n) is 13.2. The predicted molar refractivity (Wildman–Crippen MR) is 169 cm³/mol. The van der Waals surface area contributed by atoms with Crippen LogP contribution in [-0.4, -0.2) is 4.57 Å². The molecule has 39 heavy (non-hydrogen) atoms. The molecule has 1 N–H and O–H groups in total. The molecule has 0 spiro atoms. The van der Waals surface area contributed by atoms with E-state index in [4.69, 9.17) is 0 Å². The maximum atomic E-state index is 3.61. The first-order valence-corrected chi connectivity index (χ1v) is 14.0. The van der Waals surface area contributed by atoms with Gasteiger partial charge in [0, 0.05) is 48.0 Å². The molecule has 0 aliphatic heterocycles. The highest BCUT2D eigenvalue weighted by molar-refractivity contribution is 7.25. The Kier molecular flexibility index (Phi) is 5.04. The number of nitrogens with zero attached hydrogens (tertiary/aromatic N) is 1. The van der Waals surface area contributed by atoms with E-state index >= 15 is 0 Å². The van der Waals surface area contributed by atoms with Crippen LogP contribution in [0.5, 0.6) is 0 Å². The zero-order chi connectivity index (χ0) is 25.8. The number of para-hydroxylation sites is 2. The van der Waals surface area contributed by atoms with Gasteiger partial charge in [-0.3, -0.25) is 0 Å². The van der Waals surface area contributed by atoms with Gasteiger partial charge >= 0.3 is 0 Å². The number of hydrogen-bond acceptors (Lipinski definition) is 2. The highest BCUT2D eigenvalue weighted by atomic mass is 32.1. The number of aromatic nitrogens is 1. The van der Waals surface area contributed by atoms with Gasteiger partial charge in [0.05, 0.1) is 11.0 Å². The second kappa shape index (κ2) is 8.87. The van der Waals surface area contributed by atoms with Crippen LogP contribution >= 0.6 is 11.3 Å². The maximum absolute atomic E-state index is 3.61. The van der Waals surface area contributed by atoms with E-state index in [1.165, 1.54) is 58.8 Å². The molecule has 8 aromatic rings. The second-order valence-corrected chi connectivity index (χ2v) is 11.0. The van der Waals surface area contributed by atoms with Crippen molar-refractivity contribution in [2.45, 2.75) is 0 Å². The van der Waals surface area contributed by atoms with Crippen molar-refractivity contribution in [1.82, 2.24) is 4.57 Å². The van der Waals surface area contributed by atoms with Gasteiger partial charge in [0.25, 0.3) is 0 Å².